The molecule has 184 valence electrons. The molecule has 2 N–H and O–H groups in total. The van der Waals surface area contributed by atoms with E-state index < -0.39 is 11.7 Å². The summed E-state index contributed by atoms with van der Waals surface area (Å²) >= 11 is 1.20. The van der Waals surface area contributed by atoms with Crippen molar-refractivity contribution in [2.45, 2.75) is 43.9 Å². The number of carbonyl (C=O) groups excluding carboxylic acids is 2. The van der Waals surface area contributed by atoms with Gasteiger partial charge in [-0.2, -0.15) is 13.2 Å². The normalized spacial score (nSPS) is 14.6. The molecular weight excluding hydrogens is 467 g/mol. The third kappa shape index (κ3) is 7.61. The summed E-state index contributed by atoms with van der Waals surface area (Å²) in [6, 6.07) is 8.50. The number of thioether (sulfide) groups is 1. The molecule has 3 rings (SSSR count). The molecule has 0 bridgehead atoms. The first kappa shape index (κ1) is 25.8. The van der Waals surface area contributed by atoms with Crippen molar-refractivity contribution in [3.8, 4) is 0 Å². The minimum atomic E-state index is -4.42. The predicted molar refractivity (Wildman–Crippen MR) is 124 cm³/mol. The number of nitrogens with zero attached hydrogens (tertiary/aromatic N) is 3. The summed E-state index contributed by atoms with van der Waals surface area (Å²) in [6.45, 7) is 4.19. The van der Waals surface area contributed by atoms with Gasteiger partial charge in [0.1, 0.15) is 5.03 Å². The van der Waals surface area contributed by atoms with E-state index in [0.717, 1.165) is 50.3 Å². The van der Waals surface area contributed by atoms with Crippen LogP contribution in [0.3, 0.4) is 0 Å². The number of anilines is 1. The van der Waals surface area contributed by atoms with Crippen molar-refractivity contribution in [2.75, 3.05) is 30.3 Å². The topological polar surface area (TPSA) is 87.2 Å². The highest BCUT2D eigenvalue weighted by atomic mass is 32.2. The number of rotatable bonds is 9. The number of carbonyl (C=O) groups is 2. The summed E-state index contributed by atoms with van der Waals surface area (Å²) in [6.07, 6.45) is -1.97. The van der Waals surface area contributed by atoms with Crippen LogP contribution < -0.4 is 15.5 Å². The number of nitrogens with one attached hydrogen (secondary N) is 2. The van der Waals surface area contributed by atoms with Crippen molar-refractivity contribution in [1.82, 2.24) is 20.8 Å². The molecule has 0 spiro atoms. The zero-order valence-corrected chi connectivity index (χ0v) is 19.7. The highest BCUT2D eigenvalue weighted by molar-refractivity contribution is 7.99. The zero-order valence-electron chi connectivity index (χ0n) is 18.9. The smallest absolute Gasteiger partial charge is 0.356 e. The zero-order chi connectivity index (χ0) is 24.6. The lowest BCUT2D eigenvalue weighted by atomic mass is 9.96. The molecule has 0 radical (unpaired) electrons. The van der Waals surface area contributed by atoms with Crippen molar-refractivity contribution < 1.29 is 22.8 Å². The van der Waals surface area contributed by atoms with Crippen LogP contribution in [-0.4, -0.2) is 47.4 Å². The summed E-state index contributed by atoms with van der Waals surface area (Å²) in [5.41, 5.74) is -0.364. The van der Waals surface area contributed by atoms with Gasteiger partial charge in [-0.15, -0.1) is 10.2 Å². The van der Waals surface area contributed by atoms with Crippen molar-refractivity contribution >= 4 is 29.4 Å². The van der Waals surface area contributed by atoms with Crippen LogP contribution in [0.25, 0.3) is 0 Å². The minimum absolute atomic E-state index is 0.0142. The number of hydrogen-bond acceptors (Lipinski definition) is 6. The second-order valence-electron chi connectivity index (χ2n) is 8.05. The van der Waals surface area contributed by atoms with Gasteiger partial charge in [-0.1, -0.05) is 30.8 Å². The van der Waals surface area contributed by atoms with Crippen LogP contribution in [-0.2, 0) is 22.3 Å². The number of benzene rings is 1. The molecule has 0 atom stereocenters. The van der Waals surface area contributed by atoms with Gasteiger partial charge in [0, 0.05) is 32.1 Å². The molecule has 1 aromatic heterocycles. The number of aromatic nitrogens is 2. The van der Waals surface area contributed by atoms with Gasteiger partial charge >= 0.3 is 6.18 Å². The Bertz CT molecular complexity index is 964. The molecule has 1 aliphatic heterocycles. The van der Waals surface area contributed by atoms with Crippen LogP contribution in [0.5, 0.6) is 0 Å². The largest absolute Gasteiger partial charge is 0.416 e. The van der Waals surface area contributed by atoms with Gasteiger partial charge in [-0.05, 0) is 49.1 Å². The average Bonchev–Trinajstić information content (AvgIpc) is 2.85. The molecule has 1 aromatic carbocycles. The molecule has 7 nitrogen and oxygen atoms in total. The van der Waals surface area contributed by atoms with Gasteiger partial charge < -0.3 is 15.5 Å². The third-order valence-corrected chi connectivity index (χ3v) is 6.38. The lowest BCUT2D eigenvalue weighted by molar-refractivity contribution is -0.137. The molecular formula is C23H28F3N5O2S. The van der Waals surface area contributed by atoms with E-state index in [9.17, 15) is 22.8 Å². The van der Waals surface area contributed by atoms with Gasteiger partial charge in [0.2, 0.25) is 11.8 Å². The van der Waals surface area contributed by atoms with E-state index in [-0.39, 0.29) is 30.0 Å². The number of piperidine rings is 1. The van der Waals surface area contributed by atoms with E-state index in [4.69, 9.17) is 0 Å². The minimum Gasteiger partial charge on any atom is -0.356 e. The molecule has 0 unspecified atom stereocenters. The monoisotopic (exact) mass is 495 g/mol. The summed E-state index contributed by atoms with van der Waals surface area (Å²) in [5.74, 6) is 0.638. The van der Waals surface area contributed by atoms with E-state index in [1.54, 1.807) is 6.07 Å². The average molecular weight is 496 g/mol. The lowest BCUT2D eigenvalue weighted by Gasteiger charge is -2.31. The molecule has 34 heavy (non-hydrogen) atoms. The summed E-state index contributed by atoms with van der Waals surface area (Å²) in [5, 5.41) is 14.6. The van der Waals surface area contributed by atoms with Crippen molar-refractivity contribution in [3.05, 3.63) is 47.5 Å². The Morgan fingerprint density at radius 3 is 2.53 bits per heavy atom. The Morgan fingerprint density at radius 1 is 1.12 bits per heavy atom. The second-order valence-corrected chi connectivity index (χ2v) is 9.04. The summed E-state index contributed by atoms with van der Waals surface area (Å²) in [7, 11) is 0. The van der Waals surface area contributed by atoms with Gasteiger partial charge in [-0.25, -0.2) is 0 Å². The number of halogens is 3. The van der Waals surface area contributed by atoms with E-state index in [0.29, 0.717) is 17.1 Å². The Hall–Kier alpha value is -2.82. The van der Waals surface area contributed by atoms with Crippen LogP contribution >= 0.6 is 11.8 Å². The van der Waals surface area contributed by atoms with Crippen molar-refractivity contribution in [3.63, 3.8) is 0 Å². The van der Waals surface area contributed by atoms with Crippen LogP contribution in [0.4, 0.5) is 19.0 Å². The second kappa shape index (κ2) is 12.0. The maximum absolute atomic E-state index is 12.8. The van der Waals surface area contributed by atoms with Gasteiger partial charge in [0.15, 0.2) is 5.82 Å². The Balaban J connectivity index is 1.41. The van der Waals surface area contributed by atoms with Gasteiger partial charge in [0.05, 0.1) is 11.3 Å². The van der Waals surface area contributed by atoms with Gasteiger partial charge in [-0.3, -0.25) is 9.59 Å². The SMILES string of the molecule is CCCNC(=O)C1CCN(c2ccc(SCC(=O)NCc3cccc(C(F)(F)F)c3)nn2)CC1. The fraction of sp³-hybridized carbons (Fsp3) is 0.478. The Labute approximate surface area is 200 Å². The molecule has 0 aliphatic carbocycles. The van der Waals surface area contributed by atoms with Crippen molar-refractivity contribution in [1.29, 1.82) is 0 Å². The number of hydrogen-bond donors (Lipinski definition) is 2. The molecule has 2 aromatic rings. The quantitative estimate of drug-likeness (QED) is 0.517. The van der Waals surface area contributed by atoms with E-state index >= 15 is 0 Å². The fourth-order valence-electron chi connectivity index (χ4n) is 3.57. The number of alkyl halides is 3. The molecule has 1 fully saturated rings. The van der Waals surface area contributed by atoms with Crippen LogP contribution in [0.15, 0.2) is 41.4 Å². The van der Waals surface area contributed by atoms with E-state index in [1.807, 2.05) is 13.0 Å². The van der Waals surface area contributed by atoms with Gasteiger partial charge in [0.25, 0.3) is 0 Å². The van der Waals surface area contributed by atoms with Crippen LogP contribution in [0, 0.1) is 5.92 Å². The fourth-order valence-corrected chi connectivity index (χ4v) is 4.21. The molecule has 1 saturated heterocycles. The Morgan fingerprint density at radius 2 is 1.88 bits per heavy atom. The molecule has 2 amide bonds. The third-order valence-electron chi connectivity index (χ3n) is 5.46. The highest BCUT2D eigenvalue weighted by Crippen LogP contribution is 2.29. The Kier molecular flexibility index (Phi) is 9.14. The first-order chi connectivity index (χ1) is 16.3. The first-order valence-electron chi connectivity index (χ1n) is 11.2. The summed E-state index contributed by atoms with van der Waals surface area (Å²) < 4.78 is 38.4. The summed E-state index contributed by atoms with van der Waals surface area (Å²) in [4.78, 5) is 26.3. The number of amides is 2. The standard InChI is InChI=1S/C23H28F3N5O2S/c1-2-10-27-22(33)17-8-11-31(12-9-17)19-6-7-21(30-29-19)34-15-20(32)28-14-16-4-3-5-18(13-16)23(24,25)26/h3-7,13,17H,2,8-12,14-15H2,1H3,(H,27,33)(H,28,32). The predicted octanol–water partition coefficient (Wildman–Crippen LogP) is 3.65. The van der Waals surface area contributed by atoms with Crippen molar-refractivity contribution in [2.24, 2.45) is 5.92 Å². The van der Waals surface area contributed by atoms with E-state index in [2.05, 4.69) is 25.7 Å². The molecule has 11 heteroatoms. The van der Waals surface area contributed by atoms with Crippen LogP contribution in [0.1, 0.15) is 37.3 Å². The first-order valence-corrected chi connectivity index (χ1v) is 12.2. The molecule has 2 heterocycles. The van der Waals surface area contributed by atoms with Crippen LogP contribution in [0.2, 0.25) is 0 Å². The maximum Gasteiger partial charge on any atom is 0.416 e. The molecule has 0 saturated carbocycles. The highest BCUT2D eigenvalue weighted by Gasteiger charge is 2.30. The maximum atomic E-state index is 12.8. The lowest BCUT2D eigenvalue weighted by Crippen LogP contribution is -2.41. The van der Waals surface area contributed by atoms with E-state index in [1.165, 1.54) is 23.9 Å². The molecule has 1 aliphatic rings.